The molecule has 0 rings (SSSR count). The molecule has 0 atom stereocenters. The van der Waals surface area contributed by atoms with Gasteiger partial charge in [-0.1, -0.05) is 27.7 Å². The molecule has 2 heteroatoms. The van der Waals surface area contributed by atoms with Crippen molar-refractivity contribution in [2.24, 2.45) is 16.9 Å². The maximum Gasteiger partial charge on any atom is 0.0212 e. The normalized spacial score (nSPS) is 13.6. The second-order valence-corrected chi connectivity index (χ2v) is 3.95. The third-order valence-electron chi connectivity index (χ3n) is 3.12. The molecule has 0 saturated carbocycles. The van der Waals surface area contributed by atoms with E-state index in [1.54, 1.807) is 0 Å². The zero-order chi connectivity index (χ0) is 9.12. The smallest absolute Gasteiger partial charge is 0.0212 e. The van der Waals surface area contributed by atoms with Crippen molar-refractivity contribution in [3.63, 3.8) is 0 Å². The third-order valence-corrected chi connectivity index (χ3v) is 3.12. The van der Waals surface area contributed by atoms with Crippen molar-refractivity contribution in [2.45, 2.75) is 46.1 Å². The van der Waals surface area contributed by atoms with E-state index in [4.69, 9.17) is 11.5 Å². The number of hydrogen-bond acceptors (Lipinski definition) is 2. The third kappa shape index (κ3) is 1.94. The van der Waals surface area contributed by atoms with Crippen molar-refractivity contribution >= 4 is 0 Å². The summed E-state index contributed by atoms with van der Waals surface area (Å²) >= 11 is 0. The van der Waals surface area contributed by atoms with Crippen molar-refractivity contribution in [1.29, 1.82) is 0 Å². The molecule has 2 nitrogen and oxygen atoms in total. The summed E-state index contributed by atoms with van der Waals surface area (Å²) < 4.78 is 0. The Kier molecular flexibility index (Phi) is 3.52. The van der Waals surface area contributed by atoms with Gasteiger partial charge in [-0.3, -0.25) is 0 Å². The molecule has 0 saturated heterocycles. The first-order valence-electron chi connectivity index (χ1n) is 4.42. The van der Waals surface area contributed by atoms with Crippen LogP contribution in [0.3, 0.4) is 0 Å². The van der Waals surface area contributed by atoms with E-state index in [0.717, 1.165) is 12.8 Å². The molecule has 68 valence electrons. The van der Waals surface area contributed by atoms with E-state index in [0.29, 0.717) is 6.54 Å². The van der Waals surface area contributed by atoms with E-state index in [2.05, 4.69) is 27.7 Å². The molecule has 0 aromatic carbocycles. The molecular formula is C9H22N2. The minimum absolute atomic E-state index is 0.0521. The lowest BCUT2D eigenvalue weighted by Gasteiger charge is -2.42. The fraction of sp³-hybridized carbons (Fsp3) is 1.00. The predicted molar refractivity (Wildman–Crippen MR) is 50.3 cm³/mol. The van der Waals surface area contributed by atoms with E-state index >= 15 is 0 Å². The van der Waals surface area contributed by atoms with Crippen molar-refractivity contribution in [1.82, 2.24) is 0 Å². The maximum atomic E-state index is 6.20. The van der Waals surface area contributed by atoms with Crippen molar-refractivity contribution in [2.75, 3.05) is 6.54 Å². The van der Waals surface area contributed by atoms with Crippen LogP contribution < -0.4 is 11.5 Å². The first kappa shape index (κ1) is 10.9. The topological polar surface area (TPSA) is 52.0 Å². The van der Waals surface area contributed by atoms with Crippen LogP contribution in [-0.2, 0) is 0 Å². The molecule has 0 unspecified atom stereocenters. The van der Waals surface area contributed by atoms with Crippen LogP contribution in [0.25, 0.3) is 0 Å². The molecule has 0 aromatic heterocycles. The number of nitrogens with two attached hydrogens (primary N) is 2. The lowest BCUT2D eigenvalue weighted by atomic mass is 9.69. The quantitative estimate of drug-likeness (QED) is 0.651. The van der Waals surface area contributed by atoms with Gasteiger partial charge in [0, 0.05) is 5.54 Å². The van der Waals surface area contributed by atoms with Crippen LogP contribution in [0.5, 0.6) is 0 Å². The van der Waals surface area contributed by atoms with Crippen LogP contribution in [0, 0.1) is 5.41 Å². The minimum Gasteiger partial charge on any atom is -0.330 e. The van der Waals surface area contributed by atoms with Gasteiger partial charge in [-0.05, 0) is 24.8 Å². The molecule has 0 aromatic rings. The van der Waals surface area contributed by atoms with Gasteiger partial charge in [0.2, 0.25) is 0 Å². The Morgan fingerprint density at radius 2 is 1.45 bits per heavy atom. The fourth-order valence-corrected chi connectivity index (χ4v) is 1.41. The van der Waals surface area contributed by atoms with Crippen molar-refractivity contribution in [3.05, 3.63) is 0 Å². The molecule has 0 amide bonds. The second-order valence-electron chi connectivity index (χ2n) is 3.95. The summed E-state index contributed by atoms with van der Waals surface area (Å²) in [5, 5.41) is 0. The largest absolute Gasteiger partial charge is 0.330 e. The van der Waals surface area contributed by atoms with Crippen LogP contribution in [-0.4, -0.2) is 12.1 Å². The van der Waals surface area contributed by atoms with Gasteiger partial charge in [0.15, 0.2) is 0 Å². The highest BCUT2D eigenvalue weighted by Crippen LogP contribution is 2.32. The molecule has 0 aliphatic rings. The molecule has 4 N–H and O–H groups in total. The Morgan fingerprint density at radius 1 is 1.09 bits per heavy atom. The highest BCUT2D eigenvalue weighted by Gasteiger charge is 2.37. The molecule has 0 bridgehead atoms. The van der Waals surface area contributed by atoms with Crippen molar-refractivity contribution < 1.29 is 0 Å². The van der Waals surface area contributed by atoms with Gasteiger partial charge < -0.3 is 11.5 Å². The Hall–Kier alpha value is -0.0800. The zero-order valence-corrected chi connectivity index (χ0v) is 8.28. The minimum atomic E-state index is -0.0955. The Bertz CT molecular complexity index is 115. The zero-order valence-electron chi connectivity index (χ0n) is 8.28. The lowest BCUT2D eigenvalue weighted by molar-refractivity contribution is 0.160. The maximum absolute atomic E-state index is 6.20. The molecule has 0 heterocycles. The monoisotopic (exact) mass is 158 g/mol. The summed E-state index contributed by atoms with van der Waals surface area (Å²) in [7, 11) is 0. The molecular weight excluding hydrogens is 136 g/mol. The molecule has 0 fully saturated rings. The van der Waals surface area contributed by atoms with Gasteiger partial charge in [0.1, 0.15) is 0 Å². The summed E-state index contributed by atoms with van der Waals surface area (Å²) in [6.07, 6.45) is 1.99. The van der Waals surface area contributed by atoms with Gasteiger partial charge in [-0.25, -0.2) is 0 Å². The Morgan fingerprint density at radius 3 is 1.55 bits per heavy atom. The van der Waals surface area contributed by atoms with E-state index in [9.17, 15) is 0 Å². The molecule has 0 aliphatic heterocycles. The van der Waals surface area contributed by atoms with Gasteiger partial charge in [-0.15, -0.1) is 0 Å². The van der Waals surface area contributed by atoms with Gasteiger partial charge in [0.25, 0.3) is 0 Å². The van der Waals surface area contributed by atoms with Gasteiger partial charge in [0.05, 0.1) is 0 Å². The first-order valence-corrected chi connectivity index (χ1v) is 4.42. The Balaban J connectivity index is 4.47. The van der Waals surface area contributed by atoms with Crippen LogP contribution in [0.2, 0.25) is 0 Å². The summed E-state index contributed by atoms with van der Waals surface area (Å²) in [5.41, 5.74) is 11.8. The highest BCUT2D eigenvalue weighted by atomic mass is 14.8. The van der Waals surface area contributed by atoms with E-state index in [-0.39, 0.29) is 11.0 Å². The summed E-state index contributed by atoms with van der Waals surface area (Å²) in [6.45, 7) is 9.19. The summed E-state index contributed by atoms with van der Waals surface area (Å²) in [6, 6.07) is 0. The number of hydrogen-bond donors (Lipinski definition) is 2. The molecule has 0 spiro atoms. The first-order chi connectivity index (χ1) is 4.93. The Labute approximate surface area is 70.3 Å². The average Bonchev–Trinajstić information content (AvgIpc) is 2.02. The van der Waals surface area contributed by atoms with Crippen molar-refractivity contribution in [3.8, 4) is 0 Å². The van der Waals surface area contributed by atoms with E-state index in [1.807, 2.05) is 0 Å². The predicted octanol–water partition coefficient (Wildman–Crippen LogP) is 1.49. The lowest BCUT2D eigenvalue weighted by Crippen LogP contribution is -2.55. The van der Waals surface area contributed by atoms with Gasteiger partial charge in [-0.2, -0.15) is 0 Å². The second kappa shape index (κ2) is 3.55. The van der Waals surface area contributed by atoms with Crippen LogP contribution in [0.1, 0.15) is 40.5 Å². The summed E-state index contributed by atoms with van der Waals surface area (Å²) in [4.78, 5) is 0. The molecule has 0 aliphatic carbocycles. The number of rotatable bonds is 4. The van der Waals surface area contributed by atoms with Crippen LogP contribution >= 0.6 is 0 Å². The average molecular weight is 158 g/mol. The van der Waals surface area contributed by atoms with E-state index < -0.39 is 0 Å². The van der Waals surface area contributed by atoms with Crippen LogP contribution in [0.15, 0.2) is 0 Å². The van der Waals surface area contributed by atoms with Crippen LogP contribution in [0.4, 0.5) is 0 Å². The summed E-state index contributed by atoms with van der Waals surface area (Å²) in [5.74, 6) is 0. The molecule has 11 heavy (non-hydrogen) atoms. The van der Waals surface area contributed by atoms with E-state index in [1.165, 1.54) is 0 Å². The fourth-order valence-electron chi connectivity index (χ4n) is 1.41. The standard InChI is InChI=1S/C9H22N2/c1-5-9(11,6-2)8(3,4)7-10/h5-7,10-11H2,1-4H3. The SMILES string of the molecule is CCC(N)(CC)C(C)(C)CN. The molecule has 0 radical (unpaired) electrons. The highest BCUT2D eigenvalue weighted by molar-refractivity contribution is 4.96. The van der Waals surface area contributed by atoms with Gasteiger partial charge >= 0.3 is 0 Å².